The third-order valence-corrected chi connectivity index (χ3v) is 1.80. The highest BCUT2D eigenvalue weighted by molar-refractivity contribution is 5.92. The fourth-order valence-electron chi connectivity index (χ4n) is 0.969. The number of aromatic nitrogens is 1. The molecule has 0 bridgehead atoms. The van der Waals surface area contributed by atoms with Crippen LogP contribution in [0, 0.1) is 11.5 Å². The monoisotopic (exact) mass is 279 g/mol. The van der Waals surface area contributed by atoms with E-state index < -0.39 is 18.2 Å². The van der Waals surface area contributed by atoms with Crippen LogP contribution in [-0.4, -0.2) is 35.1 Å². The Morgan fingerprint density at radius 1 is 1.45 bits per heavy atom. The Morgan fingerprint density at radius 2 is 2.15 bits per heavy atom. The van der Waals surface area contributed by atoms with Crippen molar-refractivity contribution in [1.29, 1.82) is 5.26 Å². The van der Waals surface area contributed by atoms with E-state index in [4.69, 9.17) is 11.0 Å². The molecule has 0 atom stereocenters. The molecular weight excluding hydrogens is 270 g/mol. The minimum absolute atomic E-state index is 0.198. The van der Waals surface area contributed by atoms with Crippen LogP contribution in [-0.2, 0) is 0 Å². The highest BCUT2D eigenvalue weighted by Crippen LogP contribution is 2.23. The maximum absolute atomic E-state index is 11.4. The summed E-state index contributed by atoms with van der Waals surface area (Å²) in [5, 5.41) is 10.2. The van der Waals surface area contributed by atoms with Crippen molar-refractivity contribution in [3.05, 3.63) is 18.3 Å². The summed E-state index contributed by atoms with van der Waals surface area (Å²) in [4.78, 5) is 37.4. The third-order valence-electron chi connectivity index (χ3n) is 1.80. The van der Waals surface area contributed by atoms with E-state index in [0.29, 0.717) is 4.90 Å². The molecular formula is C10H9N5O5. The molecule has 4 amide bonds. The number of amides is 4. The summed E-state index contributed by atoms with van der Waals surface area (Å²) in [5.41, 5.74) is 4.82. The van der Waals surface area contributed by atoms with E-state index in [2.05, 4.69) is 14.5 Å². The number of hydrogen-bond acceptors (Lipinski definition) is 7. The number of primary amides is 1. The molecule has 1 aromatic rings. The largest absolute Gasteiger partial charge is 0.422 e. The summed E-state index contributed by atoms with van der Waals surface area (Å²) >= 11 is 0. The first kappa shape index (κ1) is 14.7. The molecule has 0 aliphatic rings. The van der Waals surface area contributed by atoms with Crippen LogP contribution >= 0.6 is 0 Å². The Hall–Kier alpha value is -3.35. The molecule has 0 spiro atoms. The van der Waals surface area contributed by atoms with Gasteiger partial charge in [0.2, 0.25) is 0 Å². The van der Waals surface area contributed by atoms with Gasteiger partial charge in [0.15, 0.2) is 11.9 Å². The molecule has 0 aliphatic carbocycles. The van der Waals surface area contributed by atoms with E-state index in [1.54, 1.807) is 5.32 Å². The number of nitrogens with two attached hydrogens (primary N) is 1. The van der Waals surface area contributed by atoms with Gasteiger partial charge in [0.25, 0.3) is 5.88 Å². The Balaban J connectivity index is 2.74. The third kappa shape index (κ3) is 4.15. The second-order valence-corrected chi connectivity index (χ2v) is 3.21. The second kappa shape index (κ2) is 6.55. The van der Waals surface area contributed by atoms with Crippen molar-refractivity contribution in [2.75, 3.05) is 7.05 Å². The van der Waals surface area contributed by atoms with Gasteiger partial charge < -0.3 is 15.2 Å². The number of urea groups is 1. The van der Waals surface area contributed by atoms with Crippen molar-refractivity contribution in [1.82, 2.24) is 15.2 Å². The molecule has 0 aliphatic heterocycles. The number of ether oxygens (including phenoxy) is 2. The lowest BCUT2D eigenvalue weighted by Crippen LogP contribution is -2.40. The van der Waals surface area contributed by atoms with E-state index >= 15 is 0 Å². The number of imide groups is 1. The van der Waals surface area contributed by atoms with Gasteiger partial charge >= 0.3 is 18.2 Å². The topological polar surface area (TPSA) is 148 Å². The van der Waals surface area contributed by atoms with E-state index in [-0.39, 0.29) is 11.6 Å². The van der Waals surface area contributed by atoms with Crippen LogP contribution in [0.15, 0.2) is 18.3 Å². The number of nitrogens with zero attached hydrogens (tertiary/aromatic N) is 3. The van der Waals surface area contributed by atoms with Crippen molar-refractivity contribution < 1.29 is 23.9 Å². The molecule has 0 aromatic carbocycles. The van der Waals surface area contributed by atoms with Crippen molar-refractivity contribution in [2.24, 2.45) is 5.73 Å². The number of pyridine rings is 1. The molecule has 3 N–H and O–H groups in total. The zero-order chi connectivity index (χ0) is 15.1. The molecule has 1 aromatic heterocycles. The van der Waals surface area contributed by atoms with Crippen LogP contribution in [0.5, 0.6) is 11.6 Å². The summed E-state index contributed by atoms with van der Waals surface area (Å²) in [7, 11) is 1.14. The summed E-state index contributed by atoms with van der Waals surface area (Å²) < 4.78 is 9.20. The lowest BCUT2D eigenvalue weighted by atomic mass is 10.4. The fourth-order valence-corrected chi connectivity index (χ4v) is 0.969. The SMILES string of the molecule is CN(C#N)C(=O)NC(=O)Oc1ncccc1OC(N)=O. The molecule has 0 radical (unpaired) electrons. The molecule has 0 fully saturated rings. The molecule has 104 valence electrons. The number of nitrogens with one attached hydrogen (secondary N) is 1. The summed E-state index contributed by atoms with van der Waals surface area (Å²) in [6, 6.07) is 1.70. The van der Waals surface area contributed by atoms with Crippen LogP contribution in [0.1, 0.15) is 0 Å². The smallest absolute Gasteiger partial charge is 0.405 e. The molecule has 0 saturated heterocycles. The lowest BCUT2D eigenvalue weighted by Gasteiger charge is -2.09. The Morgan fingerprint density at radius 3 is 2.75 bits per heavy atom. The van der Waals surface area contributed by atoms with Gasteiger partial charge in [-0.05, 0) is 12.1 Å². The van der Waals surface area contributed by atoms with Gasteiger partial charge in [0.05, 0.1) is 0 Å². The molecule has 1 rings (SSSR count). The zero-order valence-electron chi connectivity index (χ0n) is 10.2. The van der Waals surface area contributed by atoms with Crippen molar-refractivity contribution in [3.63, 3.8) is 0 Å². The number of rotatable bonds is 2. The number of carbonyl (C=O) groups excluding carboxylic acids is 3. The van der Waals surface area contributed by atoms with Crippen LogP contribution < -0.4 is 20.5 Å². The summed E-state index contributed by atoms with van der Waals surface area (Å²) in [6.07, 6.45) is 0.422. The van der Waals surface area contributed by atoms with Crippen molar-refractivity contribution in [3.8, 4) is 17.8 Å². The minimum atomic E-state index is -1.20. The fraction of sp³-hybridized carbons (Fsp3) is 0.100. The highest BCUT2D eigenvalue weighted by atomic mass is 16.6. The Kier molecular flexibility index (Phi) is 4.82. The molecule has 20 heavy (non-hydrogen) atoms. The standard InChI is InChI=1S/C10H9N5O5/c1-15(5-11)9(17)14-10(18)20-7-6(19-8(12)16)3-2-4-13-7/h2-4H,1H3,(H2,12,16)(H,14,17,18). The highest BCUT2D eigenvalue weighted by Gasteiger charge is 2.17. The van der Waals surface area contributed by atoms with Gasteiger partial charge in [-0.25, -0.2) is 29.6 Å². The molecule has 0 unspecified atom stereocenters. The van der Waals surface area contributed by atoms with Crippen LogP contribution in [0.3, 0.4) is 0 Å². The zero-order valence-corrected chi connectivity index (χ0v) is 10.2. The van der Waals surface area contributed by atoms with Gasteiger partial charge in [0.1, 0.15) is 0 Å². The molecule has 10 nitrogen and oxygen atoms in total. The summed E-state index contributed by atoms with van der Waals surface area (Å²) in [5.74, 6) is -0.563. The maximum Gasteiger partial charge on any atom is 0.422 e. The van der Waals surface area contributed by atoms with Crippen LogP contribution in [0.4, 0.5) is 14.4 Å². The van der Waals surface area contributed by atoms with E-state index in [0.717, 1.165) is 7.05 Å². The van der Waals surface area contributed by atoms with Gasteiger partial charge in [0, 0.05) is 13.2 Å². The van der Waals surface area contributed by atoms with Gasteiger partial charge in [-0.1, -0.05) is 0 Å². The van der Waals surface area contributed by atoms with Gasteiger partial charge in [-0.2, -0.15) is 5.26 Å². The molecule has 10 heteroatoms. The quantitative estimate of drug-likeness (QED) is 0.578. The normalized spacial score (nSPS) is 9.00. The molecule has 0 saturated carbocycles. The average molecular weight is 279 g/mol. The number of carbonyl (C=O) groups is 3. The maximum atomic E-state index is 11.4. The molecule has 1 heterocycles. The number of hydrogen-bond donors (Lipinski definition) is 2. The minimum Gasteiger partial charge on any atom is -0.405 e. The predicted molar refractivity (Wildman–Crippen MR) is 62.4 cm³/mol. The Bertz CT molecular complexity index is 582. The summed E-state index contributed by atoms with van der Waals surface area (Å²) in [6.45, 7) is 0. The van der Waals surface area contributed by atoms with Crippen molar-refractivity contribution in [2.45, 2.75) is 0 Å². The van der Waals surface area contributed by atoms with Crippen molar-refractivity contribution >= 4 is 18.2 Å². The van der Waals surface area contributed by atoms with E-state index in [1.807, 2.05) is 0 Å². The lowest BCUT2D eigenvalue weighted by molar-refractivity contribution is 0.186. The Labute approximate surface area is 112 Å². The van der Waals surface area contributed by atoms with Crippen LogP contribution in [0.2, 0.25) is 0 Å². The first-order valence-corrected chi connectivity index (χ1v) is 5.02. The first-order chi connectivity index (χ1) is 9.43. The predicted octanol–water partition coefficient (Wildman–Crippen LogP) is 0.160. The average Bonchev–Trinajstić information content (AvgIpc) is 2.39. The van der Waals surface area contributed by atoms with Gasteiger partial charge in [-0.3, -0.25) is 0 Å². The number of nitriles is 1. The first-order valence-electron chi connectivity index (χ1n) is 5.02. The van der Waals surface area contributed by atoms with Gasteiger partial charge in [-0.15, -0.1) is 0 Å². The van der Waals surface area contributed by atoms with Crippen LogP contribution in [0.25, 0.3) is 0 Å². The van der Waals surface area contributed by atoms with E-state index in [1.165, 1.54) is 24.5 Å². The van der Waals surface area contributed by atoms with E-state index in [9.17, 15) is 14.4 Å². The second-order valence-electron chi connectivity index (χ2n) is 3.21.